The SMILES string of the molecule is CC(C)CNC(=O)/C=C/c1ccc(C(=O)NC2CC2)cc1. The van der Waals surface area contributed by atoms with E-state index in [4.69, 9.17) is 0 Å². The van der Waals surface area contributed by atoms with Crippen molar-refractivity contribution in [3.8, 4) is 0 Å². The van der Waals surface area contributed by atoms with Crippen molar-refractivity contribution in [2.45, 2.75) is 32.7 Å². The Kier molecular flexibility index (Phi) is 5.14. The van der Waals surface area contributed by atoms with Crippen molar-refractivity contribution in [1.29, 1.82) is 0 Å². The van der Waals surface area contributed by atoms with Crippen molar-refractivity contribution >= 4 is 17.9 Å². The number of rotatable bonds is 6. The molecule has 1 aromatic rings. The zero-order valence-corrected chi connectivity index (χ0v) is 12.6. The molecule has 2 N–H and O–H groups in total. The third kappa shape index (κ3) is 5.42. The highest BCUT2D eigenvalue weighted by atomic mass is 16.2. The minimum Gasteiger partial charge on any atom is -0.352 e. The Morgan fingerprint density at radius 1 is 1.24 bits per heavy atom. The summed E-state index contributed by atoms with van der Waals surface area (Å²) in [6.45, 7) is 4.77. The van der Waals surface area contributed by atoms with E-state index in [2.05, 4.69) is 24.5 Å². The van der Waals surface area contributed by atoms with Crippen molar-refractivity contribution in [3.05, 3.63) is 41.5 Å². The van der Waals surface area contributed by atoms with Gasteiger partial charge < -0.3 is 10.6 Å². The average Bonchev–Trinajstić information content (AvgIpc) is 3.27. The zero-order valence-electron chi connectivity index (χ0n) is 12.6. The summed E-state index contributed by atoms with van der Waals surface area (Å²) >= 11 is 0. The summed E-state index contributed by atoms with van der Waals surface area (Å²) in [5.41, 5.74) is 1.56. The normalized spacial score (nSPS) is 14.4. The molecule has 0 heterocycles. The molecule has 1 aromatic carbocycles. The summed E-state index contributed by atoms with van der Waals surface area (Å²) in [5.74, 6) is 0.313. The van der Waals surface area contributed by atoms with Gasteiger partial charge in [0.15, 0.2) is 0 Å². The molecular formula is C17H22N2O2. The minimum atomic E-state index is -0.0979. The van der Waals surface area contributed by atoms with Crippen LogP contribution in [0, 0.1) is 5.92 Å². The summed E-state index contributed by atoms with van der Waals surface area (Å²) in [5, 5.41) is 5.77. The van der Waals surface area contributed by atoms with E-state index < -0.39 is 0 Å². The number of hydrogen-bond acceptors (Lipinski definition) is 2. The van der Waals surface area contributed by atoms with Crippen LogP contribution < -0.4 is 10.6 Å². The molecule has 1 aliphatic carbocycles. The first kappa shape index (κ1) is 15.3. The fourth-order valence-electron chi connectivity index (χ4n) is 1.78. The smallest absolute Gasteiger partial charge is 0.251 e. The molecule has 0 unspecified atom stereocenters. The van der Waals surface area contributed by atoms with E-state index in [0.29, 0.717) is 24.1 Å². The maximum atomic E-state index is 11.8. The van der Waals surface area contributed by atoms with Gasteiger partial charge in [0, 0.05) is 24.2 Å². The van der Waals surface area contributed by atoms with Crippen LogP contribution in [0.3, 0.4) is 0 Å². The Morgan fingerprint density at radius 2 is 1.90 bits per heavy atom. The van der Waals surface area contributed by atoms with Gasteiger partial charge in [-0.15, -0.1) is 0 Å². The fraction of sp³-hybridized carbons (Fsp3) is 0.412. The number of hydrogen-bond donors (Lipinski definition) is 2. The molecule has 0 saturated heterocycles. The van der Waals surface area contributed by atoms with Crippen LogP contribution in [0.15, 0.2) is 30.3 Å². The van der Waals surface area contributed by atoms with Crippen molar-refractivity contribution in [1.82, 2.24) is 10.6 Å². The molecule has 0 aromatic heterocycles. The van der Waals surface area contributed by atoms with E-state index in [0.717, 1.165) is 18.4 Å². The van der Waals surface area contributed by atoms with E-state index in [9.17, 15) is 9.59 Å². The summed E-state index contributed by atoms with van der Waals surface area (Å²) in [4.78, 5) is 23.4. The highest BCUT2D eigenvalue weighted by Crippen LogP contribution is 2.19. The summed E-state index contributed by atoms with van der Waals surface area (Å²) < 4.78 is 0. The zero-order chi connectivity index (χ0) is 15.2. The Hall–Kier alpha value is -2.10. The molecule has 21 heavy (non-hydrogen) atoms. The van der Waals surface area contributed by atoms with Crippen molar-refractivity contribution in [3.63, 3.8) is 0 Å². The predicted molar refractivity (Wildman–Crippen MR) is 83.8 cm³/mol. The molecule has 4 nitrogen and oxygen atoms in total. The van der Waals surface area contributed by atoms with Crippen LogP contribution in [0.2, 0.25) is 0 Å². The van der Waals surface area contributed by atoms with Gasteiger partial charge in [-0.2, -0.15) is 0 Å². The molecule has 0 bridgehead atoms. The highest BCUT2D eigenvalue weighted by Gasteiger charge is 2.23. The lowest BCUT2D eigenvalue weighted by Crippen LogP contribution is -2.25. The molecule has 0 atom stereocenters. The molecule has 112 valence electrons. The summed E-state index contributed by atoms with van der Waals surface area (Å²) in [6.07, 6.45) is 5.43. The van der Waals surface area contributed by atoms with Gasteiger partial charge in [0.25, 0.3) is 5.91 Å². The van der Waals surface area contributed by atoms with Gasteiger partial charge in [0.2, 0.25) is 5.91 Å². The third-order valence-corrected chi connectivity index (χ3v) is 3.20. The van der Waals surface area contributed by atoms with Crippen LogP contribution in [-0.2, 0) is 4.79 Å². The van der Waals surface area contributed by atoms with Crippen molar-refractivity contribution in [2.75, 3.05) is 6.54 Å². The number of carbonyl (C=O) groups excluding carboxylic acids is 2. The second-order valence-corrected chi connectivity index (χ2v) is 5.84. The highest BCUT2D eigenvalue weighted by molar-refractivity contribution is 5.95. The minimum absolute atomic E-state index is 0.0253. The Bertz CT molecular complexity index is 528. The maximum Gasteiger partial charge on any atom is 0.251 e. The molecular weight excluding hydrogens is 264 g/mol. The maximum absolute atomic E-state index is 11.8. The second kappa shape index (κ2) is 7.07. The molecule has 0 spiro atoms. The lowest BCUT2D eigenvalue weighted by molar-refractivity contribution is -0.116. The monoisotopic (exact) mass is 286 g/mol. The molecule has 2 rings (SSSR count). The standard InChI is InChI=1S/C17H22N2O2/c1-12(2)11-18-16(20)10-5-13-3-6-14(7-4-13)17(21)19-15-8-9-15/h3-7,10,12,15H,8-9,11H2,1-2H3,(H,18,20)(H,19,21)/b10-5+. The third-order valence-electron chi connectivity index (χ3n) is 3.20. The topological polar surface area (TPSA) is 58.2 Å². The van der Waals surface area contributed by atoms with Gasteiger partial charge in [-0.1, -0.05) is 26.0 Å². The first-order valence-corrected chi connectivity index (χ1v) is 7.41. The van der Waals surface area contributed by atoms with Gasteiger partial charge in [-0.3, -0.25) is 9.59 Å². The van der Waals surface area contributed by atoms with E-state index >= 15 is 0 Å². The van der Waals surface area contributed by atoms with Gasteiger partial charge in [-0.25, -0.2) is 0 Å². The second-order valence-electron chi connectivity index (χ2n) is 5.84. The lowest BCUT2D eigenvalue weighted by Gasteiger charge is -2.05. The Balaban J connectivity index is 1.86. The summed E-state index contributed by atoms with van der Waals surface area (Å²) in [7, 11) is 0. The Labute approximate surface area is 125 Å². The van der Waals surface area contributed by atoms with Gasteiger partial charge >= 0.3 is 0 Å². The molecule has 1 saturated carbocycles. The first-order chi connectivity index (χ1) is 10.0. The Morgan fingerprint density at radius 3 is 2.48 bits per heavy atom. The molecule has 1 aliphatic rings. The van der Waals surface area contributed by atoms with Crippen LogP contribution in [0.1, 0.15) is 42.6 Å². The molecule has 1 fully saturated rings. The van der Waals surface area contributed by atoms with Crippen molar-refractivity contribution in [2.24, 2.45) is 5.92 Å². The van der Waals surface area contributed by atoms with E-state index in [1.165, 1.54) is 6.08 Å². The predicted octanol–water partition coefficient (Wildman–Crippen LogP) is 2.36. The number of benzene rings is 1. The van der Waals surface area contributed by atoms with E-state index in [-0.39, 0.29) is 11.8 Å². The lowest BCUT2D eigenvalue weighted by atomic mass is 10.1. The van der Waals surface area contributed by atoms with Gasteiger partial charge in [0.1, 0.15) is 0 Å². The fourth-order valence-corrected chi connectivity index (χ4v) is 1.78. The first-order valence-electron chi connectivity index (χ1n) is 7.41. The molecule has 0 aliphatic heterocycles. The van der Waals surface area contributed by atoms with Crippen LogP contribution in [0.4, 0.5) is 0 Å². The van der Waals surface area contributed by atoms with Crippen molar-refractivity contribution < 1.29 is 9.59 Å². The van der Waals surface area contributed by atoms with Gasteiger partial charge in [0.05, 0.1) is 0 Å². The van der Waals surface area contributed by atoms with Crippen LogP contribution in [0.25, 0.3) is 6.08 Å². The van der Waals surface area contributed by atoms with Crippen LogP contribution in [0.5, 0.6) is 0 Å². The van der Waals surface area contributed by atoms with Gasteiger partial charge in [-0.05, 0) is 42.5 Å². The van der Waals surface area contributed by atoms with E-state index in [1.807, 2.05) is 12.1 Å². The molecule has 2 amide bonds. The van der Waals surface area contributed by atoms with Crippen LogP contribution in [-0.4, -0.2) is 24.4 Å². The number of amides is 2. The molecule has 4 heteroatoms. The largest absolute Gasteiger partial charge is 0.352 e. The number of carbonyl (C=O) groups is 2. The van der Waals surface area contributed by atoms with E-state index in [1.54, 1.807) is 18.2 Å². The van der Waals surface area contributed by atoms with Crippen LogP contribution >= 0.6 is 0 Å². The summed E-state index contributed by atoms with van der Waals surface area (Å²) in [6, 6.07) is 7.61. The quantitative estimate of drug-likeness (QED) is 0.789. The average molecular weight is 286 g/mol. The molecule has 0 radical (unpaired) electrons. The number of nitrogens with one attached hydrogen (secondary N) is 2.